The molecule has 0 saturated heterocycles. The minimum atomic E-state index is -1.04. The molecule has 0 aliphatic rings. The third kappa shape index (κ3) is 6.16. The summed E-state index contributed by atoms with van der Waals surface area (Å²) in [5, 5.41) is 26.0. The Morgan fingerprint density at radius 3 is 2.34 bits per heavy atom. The Bertz CT molecular complexity index is 1120. The van der Waals surface area contributed by atoms with Crippen LogP contribution < -0.4 is 9.47 Å². The third-order valence-corrected chi connectivity index (χ3v) is 4.74. The van der Waals surface area contributed by atoms with Gasteiger partial charge in [0.05, 0.1) is 24.1 Å². The Morgan fingerprint density at radius 2 is 1.72 bits per heavy atom. The van der Waals surface area contributed by atoms with Gasteiger partial charge in [-0.05, 0) is 35.4 Å². The van der Waals surface area contributed by atoms with Crippen LogP contribution in [0, 0.1) is 22.6 Å². The molecule has 6 nitrogen and oxygen atoms in total. The molecule has 0 saturated carbocycles. The molecule has 0 aromatic heterocycles. The molecule has 0 heterocycles. The molecule has 0 amide bonds. The third-order valence-electron chi connectivity index (χ3n) is 4.74. The van der Waals surface area contributed by atoms with Crippen LogP contribution in [0.15, 0.2) is 72.8 Å². The highest BCUT2D eigenvalue weighted by atomic mass is 19.1. The number of carbonyl (C=O) groups is 1. The van der Waals surface area contributed by atoms with Crippen molar-refractivity contribution in [2.24, 2.45) is 0 Å². The van der Waals surface area contributed by atoms with E-state index in [-0.39, 0.29) is 19.6 Å². The van der Waals surface area contributed by atoms with Crippen LogP contribution in [0.2, 0.25) is 0 Å². The summed E-state index contributed by atoms with van der Waals surface area (Å²) in [6, 6.07) is 22.0. The van der Waals surface area contributed by atoms with Crippen LogP contribution in [0.3, 0.4) is 0 Å². The number of hydrogen-bond acceptors (Lipinski definition) is 5. The zero-order valence-corrected chi connectivity index (χ0v) is 17.1. The van der Waals surface area contributed by atoms with Crippen molar-refractivity contribution in [2.45, 2.75) is 18.9 Å². The molecule has 3 aromatic carbocycles. The van der Waals surface area contributed by atoms with Gasteiger partial charge in [-0.1, -0.05) is 42.5 Å². The number of halogens is 1. The fourth-order valence-electron chi connectivity index (χ4n) is 2.98. The van der Waals surface area contributed by atoms with E-state index in [9.17, 15) is 9.18 Å². The van der Waals surface area contributed by atoms with Crippen LogP contribution in [0.1, 0.15) is 29.0 Å². The predicted octanol–water partition coefficient (Wildman–Crippen LogP) is 4.93. The lowest BCUT2D eigenvalue weighted by Gasteiger charge is -2.11. The van der Waals surface area contributed by atoms with Gasteiger partial charge in [0.1, 0.15) is 30.5 Å². The van der Waals surface area contributed by atoms with Crippen LogP contribution >= 0.6 is 0 Å². The average Bonchev–Trinajstić information content (AvgIpc) is 2.81. The highest BCUT2D eigenvalue weighted by Gasteiger charge is 2.15. The molecular weight excluding hydrogens is 411 g/mol. The summed E-state index contributed by atoms with van der Waals surface area (Å²) in [7, 11) is 0. The van der Waals surface area contributed by atoms with Gasteiger partial charge in [-0.25, -0.2) is 4.39 Å². The van der Waals surface area contributed by atoms with Crippen molar-refractivity contribution in [3.8, 4) is 17.6 Å². The van der Waals surface area contributed by atoms with Crippen molar-refractivity contribution in [2.75, 3.05) is 6.61 Å². The van der Waals surface area contributed by atoms with Gasteiger partial charge in [0.2, 0.25) is 0 Å². The Kier molecular flexibility index (Phi) is 7.55. The number of ether oxygens (including phenoxy) is 2. The first-order valence-electron chi connectivity index (χ1n) is 9.84. The summed E-state index contributed by atoms with van der Waals surface area (Å²) in [6.45, 7) is 0.0132. The minimum Gasteiger partial charge on any atom is -0.489 e. The van der Waals surface area contributed by atoms with Crippen molar-refractivity contribution in [3.63, 3.8) is 0 Å². The van der Waals surface area contributed by atoms with E-state index in [1.807, 2.05) is 36.4 Å². The molecule has 0 aliphatic heterocycles. The van der Waals surface area contributed by atoms with Crippen LogP contribution in [0.4, 0.5) is 4.39 Å². The summed E-state index contributed by atoms with van der Waals surface area (Å²) in [5.74, 6) is -1.49. The molecule has 0 bridgehead atoms. The molecule has 7 heteroatoms. The van der Waals surface area contributed by atoms with Crippen LogP contribution in [0.5, 0.6) is 11.5 Å². The Morgan fingerprint density at radius 1 is 1.03 bits per heavy atom. The standard InChI is InChI=1S/C25H21FN2O4/c26-23-13-22(32-16-24(28)18-4-2-1-3-5-18)11-8-19(23)15-31-21-9-6-17(7-10-21)20(14-27)12-25(29)30/h1-11,13,20,28H,12,15-16H2,(H,29,30). The lowest BCUT2D eigenvalue weighted by atomic mass is 9.97. The Labute approximate surface area is 185 Å². The van der Waals surface area contributed by atoms with Crippen LogP contribution in [-0.2, 0) is 11.4 Å². The van der Waals surface area contributed by atoms with Gasteiger partial charge >= 0.3 is 5.97 Å². The second-order valence-electron chi connectivity index (χ2n) is 7.02. The first-order valence-corrected chi connectivity index (χ1v) is 9.84. The molecule has 0 spiro atoms. The van der Waals surface area contributed by atoms with E-state index in [0.29, 0.717) is 28.3 Å². The van der Waals surface area contributed by atoms with Crippen molar-refractivity contribution < 1.29 is 23.8 Å². The van der Waals surface area contributed by atoms with E-state index >= 15 is 0 Å². The van der Waals surface area contributed by atoms with Gasteiger partial charge in [-0.2, -0.15) is 5.26 Å². The summed E-state index contributed by atoms with van der Waals surface area (Å²) in [4.78, 5) is 10.8. The predicted molar refractivity (Wildman–Crippen MR) is 117 cm³/mol. The molecule has 32 heavy (non-hydrogen) atoms. The number of nitriles is 1. The lowest BCUT2D eigenvalue weighted by molar-refractivity contribution is -0.137. The smallest absolute Gasteiger partial charge is 0.305 e. The topological polar surface area (TPSA) is 103 Å². The maximum absolute atomic E-state index is 14.4. The van der Waals surface area contributed by atoms with Crippen molar-refractivity contribution in [1.29, 1.82) is 10.7 Å². The molecule has 0 radical (unpaired) electrons. The fourth-order valence-corrected chi connectivity index (χ4v) is 2.98. The van der Waals surface area contributed by atoms with E-state index in [1.54, 1.807) is 36.4 Å². The van der Waals surface area contributed by atoms with E-state index in [1.165, 1.54) is 6.07 Å². The molecule has 0 fully saturated rings. The van der Waals surface area contributed by atoms with E-state index in [4.69, 9.17) is 25.3 Å². The maximum Gasteiger partial charge on any atom is 0.305 e. The quantitative estimate of drug-likeness (QED) is 0.442. The minimum absolute atomic E-state index is 0.0118. The number of benzene rings is 3. The van der Waals surface area contributed by atoms with Gasteiger partial charge in [0.25, 0.3) is 0 Å². The number of carboxylic acids is 1. The molecule has 162 valence electrons. The van der Waals surface area contributed by atoms with Crippen LogP contribution in [0.25, 0.3) is 0 Å². The molecule has 0 aliphatic carbocycles. The largest absolute Gasteiger partial charge is 0.489 e. The molecule has 3 aromatic rings. The summed E-state index contributed by atoms with van der Waals surface area (Å²) < 4.78 is 25.6. The Balaban J connectivity index is 1.55. The SMILES string of the molecule is N#CC(CC(=O)O)c1ccc(OCc2ccc(OCC(=N)c3ccccc3)cc2F)cc1. The zero-order valence-electron chi connectivity index (χ0n) is 17.1. The number of rotatable bonds is 10. The first-order chi connectivity index (χ1) is 15.5. The number of carboxylic acid groups (broad SMARTS) is 1. The summed E-state index contributed by atoms with van der Waals surface area (Å²) >= 11 is 0. The Hall–Kier alpha value is -4.18. The average molecular weight is 432 g/mol. The molecule has 1 atom stereocenters. The molecule has 3 rings (SSSR count). The number of aliphatic carboxylic acids is 1. The van der Waals surface area contributed by atoms with E-state index in [2.05, 4.69) is 0 Å². The summed E-state index contributed by atoms with van der Waals surface area (Å²) in [6.07, 6.45) is -0.277. The van der Waals surface area contributed by atoms with E-state index < -0.39 is 17.7 Å². The van der Waals surface area contributed by atoms with Crippen molar-refractivity contribution >= 4 is 11.7 Å². The van der Waals surface area contributed by atoms with Crippen LogP contribution in [-0.4, -0.2) is 23.4 Å². The van der Waals surface area contributed by atoms with Gasteiger partial charge < -0.3 is 20.0 Å². The number of nitrogens with zero attached hydrogens (tertiary/aromatic N) is 1. The highest BCUT2D eigenvalue weighted by molar-refractivity contribution is 5.99. The van der Waals surface area contributed by atoms with Gasteiger partial charge in [0.15, 0.2) is 0 Å². The highest BCUT2D eigenvalue weighted by Crippen LogP contribution is 2.23. The number of hydrogen-bond donors (Lipinski definition) is 2. The first kappa shape index (κ1) is 22.5. The lowest BCUT2D eigenvalue weighted by Crippen LogP contribution is -2.11. The second kappa shape index (κ2) is 10.7. The second-order valence-corrected chi connectivity index (χ2v) is 7.02. The zero-order chi connectivity index (χ0) is 22.9. The normalized spacial score (nSPS) is 11.2. The van der Waals surface area contributed by atoms with Gasteiger partial charge in [-0.3, -0.25) is 4.79 Å². The van der Waals surface area contributed by atoms with E-state index in [0.717, 1.165) is 5.56 Å². The van der Waals surface area contributed by atoms with Crippen molar-refractivity contribution in [1.82, 2.24) is 0 Å². The van der Waals surface area contributed by atoms with Crippen molar-refractivity contribution in [3.05, 3.63) is 95.3 Å². The maximum atomic E-state index is 14.4. The summed E-state index contributed by atoms with van der Waals surface area (Å²) in [5.41, 5.74) is 1.95. The molecule has 1 unspecified atom stereocenters. The number of nitrogens with one attached hydrogen (secondary N) is 1. The monoisotopic (exact) mass is 432 g/mol. The molecule has 2 N–H and O–H groups in total. The molecular formula is C25H21FN2O4. The van der Waals surface area contributed by atoms with Gasteiger partial charge in [-0.15, -0.1) is 0 Å². The fraction of sp³-hybridized carbons (Fsp3) is 0.160. The van der Waals surface area contributed by atoms with Gasteiger partial charge in [0, 0.05) is 11.6 Å².